The van der Waals surface area contributed by atoms with Gasteiger partial charge in [-0.25, -0.2) is 4.98 Å². The number of benzene rings is 3. The largest absolute Gasteiger partial charge is 0.264 e. The van der Waals surface area contributed by atoms with Crippen LogP contribution in [0.15, 0.2) is 84.9 Å². The van der Waals surface area contributed by atoms with Crippen LogP contribution < -0.4 is 4.68 Å². The third-order valence-corrected chi connectivity index (χ3v) is 3.56. The summed E-state index contributed by atoms with van der Waals surface area (Å²) >= 11 is 0. The van der Waals surface area contributed by atoms with Crippen LogP contribution in [0.3, 0.4) is 0 Å². The lowest BCUT2D eigenvalue weighted by atomic mass is 10.2. The molecule has 0 amide bonds. The first-order valence-corrected chi connectivity index (χ1v) is 7.22. The summed E-state index contributed by atoms with van der Waals surface area (Å²) in [5.41, 5.74) is 3.96. The first-order chi connectivity index (χ1) is 10.9. The Morgan fingerprint density at radius 1 is 0.636 bits per heavy atom. The summed E-state index contributed by atoms with van der Waals surface area (Å²) in [7, 11) is 0. The second-order valence-corrected chi connectivity index (χ2v) is 5.04. The molecule has 104 valence electrons. The van der Waals surface area contributed by atoms with Crippen molar-refractivity contribution < 1.29 is 4.68 Å². The number of hydrogen-bond donors (Lipinski definition) is 0. The molecule has 0 aliphatic heterocycles. The van der Waals surface area contributed by atoms with Crippen LogP contribution in [-0.4, -0.2) is 10.1 Å². The lowest BCUT2D eigenvalue weighted by Gasteiger charge is -2.02. The molecule has 3 aromatic carbocycles. The van der Waals surface area contributed by atoms with Crippen molar-refractivity contribution in [1.29, 1.82) is 0 Å². The van der Waals surface area contributed by atoms with Crippen molar-refractivity contribution >= 4 is 11.0 Å². The summed E-state index contributed by atoms with van der Waals surface area (Å²) < 4.78 is 1.95. The molecule has 0 fully saturated rings. The van der Waals surface area contributed by atoms with E-state index in [0.717, 1.165) is 28.1 Å². The quantitative estimate of drug-likeness (QED) is 0.527. The Kier molecular flexibility index (Phi) is 3.09. The van der Waals surface area contributed by atoms with Crippen molar-refractivity contribution in [3.63, 3.8) is 0 Å². The molecule has 1 heterocycles. The third kappa shape index (κ3) is 2.23. The second kappa shape index (κ2) is 5.37. The molecular weight excluding hydrogens is 270 g/mol. The minimum absolute atomic E-state index is 0.725. The van der Waals surface area contributed by atoms with Gasteiger partial charge in [0, 0.05) is 28.9 Å². The van der Waals surface area contributed by atoms with E-state index in [4.69, 9.17) is 10.1 Å². The topological polar surface area (TPSA) is 29.7 Å². The van der Waals surface area contributed by atoms with Crippen LogP contribution in [0.4, 0.5) is 0 Å². The molecule has 4 rings (SSSR count). The highest BCUT2D eigenvalue weighted by Gasteiger charge is 2.18. The zero-order valence-corrected chi connectivity index (χ0v) is 11.9. The maximum absolute atomic E-state index is 4.75. The van der Waals surface area contributed by atoms with Crippen molar-refractivity contribution in [2.75, 3.05) is 0 Å². The van der Waals surface area contributed by atoms with E-state index >= 15 is 0 Å². The molecule has 0 saturated carbocycles. The molecule has 0 saturated heterocycles. The maximum Gasteiger partial charge on any atom is 0.264 e. The number of para-hydroxylation sites is 3. The zero-order chi connectivity index (χ0) is 14.8. The predicted octanol–water partition coefficient (Wildman–Crippen LogP) is 3.57. The van der Waals surface area contributed by atoms with E-state index in [9.17, 15) is 0 Å². The van der Waals surface area contributed by atoms with Gasteiger partial charge in [-0.05, 0) is 10.7 Å². The number of nitrogens with zero attached hydrogens (tertiary/aromatic N) is 3. The summed E-state index contributed by atoms with van der Waals surface area (Å²) in [6.45, 7) is 0. The van der Waals surface area contributed by atoms with Crippen LogP contribution in [0.2, 0.25) is 0 Å². The van der Waals surface area contributed by atoms with Crippen LogP contribution in [0.1, 0.15) is 0 Å². The van der Waals surface area contributed by atoms with Gasteiger partial charge in [-0.2, -0.15) is 0 Å². The molecule has 3 heteroatoms. The number of aromatic nitrogens is 3. The minimum Gasteiger partial charge on any atom is -0.216 e. The molecule has 0 unspecified atom stereocenters. The van der Waals surface area contributed by atoms with Gasteiger partial charge in [-0.1, -0.05) is 60.7 Å². The smallest absolute Gasteiger partial charge is 0.216 e. The summed E-state index contributed by atoms with van der Waals surface area (Å²) in [4.78, 5) is 4.70. The molecule has 0 atom stereocenters. The highest BCUT2D eigenvalue weighted by Crippen LogP contribution is 2.16. The fraction of sp³-hybridized carbons (Fsp3) is 0. The van der Waals surface area contributed by atoms with E-state index in [2.05, 4.69) is 0 Å². The minimum atomic E-state index is 0.725. The number of hydrogen-bond acceptors (Lipinski definition) is 2. The third-order valence-electron chi connectivity index (χ3n) is 3.56. The Morgan fingerprint density at radius 2 is 1.27 bits per heavy atom. The Morgan fingerprint density at radius 3 is 2.05 bits per heavy atom. The van der Waals surface area contributed by atoms with Crippen molar-refractivity contribution in [2.45, 2.75) is 0 Å². The van der Waals surface area contributed by atoms with Crippen LogP contribution in [0, 0.1) is 0 Å². The van der Waals surface area contributed by atoms with Gasteiger partial charge in [-0.3, -0.25) is 0 Å². The van der Waals surface area contributed by atoms with Crippen molar-refractivity contribution in [3.05, 3.63) is 84.9 Å². The molecular formula is C19H14N3+. The van der Waals surface area contributed by atoms with E-state index in [1.807, 2.05) is 89.6 Å². The number of fused-ring (bicyclic) bond motifs is 1. The fourth-order valence-electron chi connectivity index (χ4n) is 2.50. The summed E-state index contributed by atoms with van der Waals surface area (Å²) in [5.74, 6) is 0.725. The molecule has 22 heavy (non-hydrogen) atoms. The summed E-state index contributed by atoms with van der Waals surface area (Å²) in [6, 6.07) is 28.2. The first kappa shape index (κ1) is 12.7. The van der Waals surface area contributed by atoms with Gasteiger partial charge in [0.15, 0.2) is 0 Å². The zero-order valence-electron chi connectivity index (χ0n) is 11.9. The van der Waals surface area contributed by atoms with Gasteiger partial charge in [0.2, 0.25) is 11.5 Å². The van der Waals surface area contributed by atoms with Gasteiger partial charge in [0.05, 0.1) is 0 Å². The fourth-order valence-corrected chi connectivity index (χ4v) is 2.50. The second-order valence-electron chi connectivity index (χ2n) is 5.04. The van der Waals surface area contributed by atoms with E-state index in [1.165, 1.54) is 0 Å². The maximum atomic E-state index is 4.75. The Bertz CT molecular complexity index is 919. The van der Waals surface area contributed by atoms with Crippen LogP contribution >= 0.6 is 0 Å². The molecule has 3 nitrogen and oxygen atoms in total. The highest BCUT2D eigenvalue weighted by molar-refractivity contribution is 5.73. The van der Waals surface area contributed by atoms with Gasteiger partial charge in [0.25, 0.3) is 5.52 Å². The van der Waals surface area contributed by atoms with E-state index in [0.29, 0.717) is 0 Å². The average Bonchev–Trinajstić information content (AvgIpc) is 2.62. The summed E-state index contributed by atoms with van der Waals surface area (Å²) in [5, 5.41) is 4.75. The molecule has 1 aromatic heterocycles. The lowest BCUT2D eigenvalue weighted by Crippen LogP contribution is -2.37. The molecule has 4 aromatic rings. The van der Waals surface area contributed by atoms with Crippen molar-refractivity contribution in [2.24, 2.45) is 0 Å². The van der Waals surface area contributed by atoms with Crippen molar-refractivity contribution in [3.8, 4) is 17.1 Å². The average molecular weight is 284 g/mol. The molecule has 0 aliphatic carbocycles. The SMILES string of the molecule is c1ccc(-c2nc3ccccc3[n+](-c3ccccc3)n2)cc1. The predicted molar refractivity (Wildman–Crippen MR) is 86.5 cm³/mol. The van der Waals surface area contributed by atoms with Crippen molar-refractivity contribution in [1.82, 2.24) is 10.1 Å². The lowest BCUT2D eigenvalue weighted by molar-refractivity contribution is -0.632. The van der Waals surface area contributed by atoms with Gasteiger partial charge < -0.3 is 0 Å². The molecule has 0 bridgehead atoms. The first-order valence-electron chi connectivity index (χ1n) is 7.22. The van der Waals surface area contributed by atoms with Crippen LogP contribution in [0.25, 0.3) is 28.1 Å². The van der Waals surface area contributed by atoms with E-state index in [-0.39, 0.29) is 0 Å². The Labute approximate surface area is 128 Å². The standard InChI is InChI=1S/C19H14N3/c1-3-9-15(10-4-1)19-20-17-13-7-8-14-18(17)22(21-19)16-11-5-2-6-12-16/h1-14H/q+1. The molecule has 0 N–H and O–H groups in total. The van der Waals surface area contributed by atoms with E-state index in [1.54, 1.807) is 0 Å². The van der Waals surface area contributed by atoms with Gasteiger partial charge in [-0.15, -0.1) is 0 Å². The normalized spacial score (nSPS) is 10.7. The van der Waals surface area contributed by atoms with Gasteiger partial charge >= 0.3 is 0 Å². The summed E-state index contributed by atoms with van der Waals surface area (Å²) in [6.07, 6.45) is 0. The Hall–Kier alpha value is -3.07. The van der Waals surface area contributed by atoms with Gasteiger partial charge in [0.1, 0.15) is 5.52 Å². The highest BCUT2D eigenvalue weighted by atomic mass is 15.3. The van der Waals surface area contributed by atoms with Crippen LogP contribution in [0.5, 0.6) is 0 Å². The monoisotopic (exact) mass is 284 g/mol. The molecule has 0 radical (unpaired) electrons. The van der Waals surface area contributed by atoms with Crippen LogP contribution in [-0.2, 0) is 0 Å². The molecule has 0 aliphatic rings. The Balaban J connectivity index is 2.02. The number of rotatable bonds is 2. The van der Waals surface area contributed by atoms with E-state index < -0.39 is 0 Å². The molecule has 0 spiro atoms.